The first-order valence-electron chi connectivity index (χ1n) is 4.80. The molecule has 2 nitrogen and oxygen atoms in total. The van der Waals surface area contributed by atoms with Gasteiger partial charge in [0.05, 0.1) is 0 Å². The van der Waals surface area contributed by atoms with Crippen LogP contribution in [0.2, 0.25) is 5.15 Å². The maximum Gasteiger partial charge on any atom is 0.133 e. The van der Waals surface area contributed by atoms with Crippen molar-refractivity contribution >= 4 is 23.4 Å². The lowest BCUT2D eigenvalue weighted by Crippen LogP contribution is -1.98. The SMILES string of the molecule is CCCSc1cc(Cl)nc(C(C)C)n1. The summed E-state index contributed by atoms with van der Waals surface area (Å²) in [4.78, 5) is 8.62. The smallest absolute Gasteiger partial charge is 0.133 e. The Labute approximate surface area is 94.5 Å². The van der Waals surface area contributed by atoms with Gasteiger partial charge >= 0.3 is 0 Å². The van der Waals surface area contributed by atoms with Crippen molar-refractivity contribution in [2.24, 2.45) is 0 Å². The lowest BCUT2D eigenvalue weighted by molar-refractivity contribution is 0.753. The van der Waals surface area contributed by atoms with E-state index in [9.17, 15) is 0 Å². The molecule has 0 saturated heterocycles. The Morgan fingerprint density at radius 2 is 2.14 bits per heavy atom. The van der Waals surface area contributed by atoms with Gasteiger partial charge in [-0.25, -0.2) is 9.97 Å². The van der Waals surface area contributed by atoms with Gasteiger partial charge in [0.15, 0.2) is 0 Å². The largest absolute Gasteiger partial charge is 0.226 e. The molecule has 1 aromatic rings. The van der Waals surface area contributed by atoms with E-state index in [0.29, 0.717) is 11.1 Å². The molecule has 78 valence electrons. The van der Waals surface area contributed by atoms with Crippen LogP contribution in [0.4, 0.5) is 0 Å². The highest BCUT2D eigenvalue weighted by Crippen LogP contribution is 2.21. The minimum absolute atomic E-state index is 0.328. The van der Waals surface area contributed by atoms with Gasteiger partial charge in [0.25, 0.3) is 0 Å². The van der Waals surface area contributed by atoms with Crippen LogP contribution in [0.25, 0.3) is 0 Å². The molecular formula is C10H15ClN2S. The Hall–Kier alpha value is -0.280. The van der Waals surface area contributed by atoms with Crippen LogP contribution in [-0.4, -0.2) is 15.7 Å². The zero-order valence-corrected chi connectivity index (χ0v) is 10.3. The van der Waals surface area contributed by atoms with E-state index in [1.54, 1.807) is 11.8 Å². The van der Waals surface area contributed by atoms with E-state index < -0.39 is 0 Å². The summed E-state index contributed by atoms with van der Waals surface area (Å²) in [6, 6.07) is 1.83. The molecule has 0 unspecified atom stereocenters. The number of rotatable bonds is 4. The Morgan fingerprint density at radius 3 is 2.71 bits per heavy atom. The molecule has 0 aliphatic rings. The third-order valence-corrected chi connectivity index (χ3v) is 2.97. The first-order valence-corrected chi connectivity index (χ1v) is 6.17. The maximum absolute atomic E-state index is 5.91. The molecule has 0 saturated carbocycles. The van der Waals surface area contributed by atoms with Crippen molar-refractivity contribution in [3.8, 4) is 0 Å². The van der Waals surface area contributed by atoms with Crippen LogP contribution in [0, 0.1) is 0 Å². The Bertz CT molecular complexity index is 302. The van der Waals surface area contributed by atoms with Crippen LogP contribution in [0.15, 0.2) is 11.1 Å². The highest BCUT2D eigenvalue weighted by molar-refractivity contribution is 7.99. The van der Waals surface area contributed by atoms with Crippen molar-refractivity contribution in [2.75, 3.05) is 5.75 Å². The second-order valence-electron chi connectivity index (χ2n) is 3.39. The summed E-state index contributed by atoms with van der Waals surface area (Å²) in [5, 5.41) is 1.53. The van der Waals surface area contributed by atoms with Crippen molar-refractivity contribution in [2.45, 2.75) is 38.1 Å². The number of thioether (sulfide) groups is 1. The number of hydrogen-bond acceptors (Lipinski definition) is 3. The molecule has 0 spiro atoms. The van der Waals surface area contributed by atoms with Crippen molar-refractivity contribution in [1.29, 1.82) is 0 Å². The van der Waals surface area contributed by atoms with Crippen LogP contribution < -0.4 is 0 Å². The molecular weight excluding hydrogens is 216 g/mol. The molecule has 0 bridgehead atoms. The predicted molar refractivity (Wildman–Crippen MR) is 62.1 cm³/mol. The van der Waals surface area contributed by atoms with E-state index in [0.717, 1.165) is 23.0 Å². The summed E-state index contributed by atoms with van der Waals surface area (Å²) >= 11 is 7.64. The number of nitrogens with zero attached hydrogens (tertiary/aromatic N) is 2. The summed E-state index contributed by atoms with van der Waals surface area (Å²) < 4.78 is 0. The number of hydrogen-bond donors (Lipinski definition) is 0. The van der Waals surface area contributed by atoms with Crippen molar-refractivity contribution in [1.82, 2.24) is 9.97 Å². The van der Waals surface area contributed by atoms with Crippen LogP contribution in [0.5, 0.6) is 0 Å². The lowest BCUT2D eigenvalue weighted by atomic mass is 10.2. The second kappa shape index (κ2) is 5.56. The Kier molecular flexibility index (Phi) is 4.69. The molecule has 0 radical (unpaired) electrons. The third-order valence-electron chi connectivity index (χ3n) is 1.66. The third kappa shape index (κ3) is 3.46. The van der Waals surface area contributed by atoms with Gasteiger partial charge in [-0.1, -0.05) is 32.4 Å². The van der Waals surface area contributed by atoms with Crippen molar-refractivity contribution < 1.29 is 0 Å². The predicted octanol–water partition coefficient (Wildman–Crippen LogP) is 3.76. The minimum Gasteiger partial charge on any atom is -0.226 e. The highest BCUT2D eigenvalue weighted by Gasteiger charge is 2.06. The fourth-order valence-electron chi connectivity index (χ4n) is 0.953. The highest BCUT2D eigenvalue weighted by atomic mass is 35.5. The standard InChI is InChI=1S/C10H15ClN2S/c1-4-5-14-9-6-8(11)12-10(13-9)7(2)3/h6-7H,4-5H2,1-3H3. The zero-order chi connectivity index (χ0) is 10.6. The second-order valence-corrected chi connectivity index (χ2v) is 4.89. The van der Waals surface area contributed by atoms with Gasteiger partial charge in [-0.05, 0) is 12.2 Å². The first kappa shape index (κ1) is 11.8. The minimum atomic E-state index is 0.328. The quantitative estimate of drug-likeness (QED) is 0.582. The van der Waals surface area contributed by atoms with Crippen LogP contribution in [-0.2, 0) is 0 Å². The van der Waals surface area contributed by atoms with Gasteiger partial charge in [-0.3, -0.25) is 0 Å². The zero-order valence-electron chi connectivity index (χ0n) is 8.75. The molecule has 1 heterocycles. The average molecular weight is 231 g/mol. The van der Waals surface area contributed by atoms with Crippen molar-refractivity contribution in [3.05, 3.63) is 17.0 Å². The van der Waals surface area contributed by atoms with Gasteiger partial charge < -0.3 is 0 Å². The maximum atomic E-state index is 5.91. The van der Waals surface area contributed by atoms with E-state index in [2.05, 4.69) is 30.7 Å². The molecule has 1 aromatic heterocycles. The summed E-state index contributed by atoms with van der Waals surface area (Å²) in [5.74, 6) is 2.23. The van der Waals surface area contributed by atoms with Crippen molar-refractivity contribution in [3.63, 3.8) is 0 Å². The summed E-state index contributed by atoms with van der Waals surface area (Å²) in [6.45, 7) is 6.29. The molecule has 1 rings (SSSR count). The van der Waals surface area contributed by atoms with Crippen LogP contribution >= 0.6 is 23.4 Å². The van der Waals surface area contributed by atoms with Gasteiger partial charge in [0.2, 0.25) is 0 Å². The molecule has 0 aliphatic carbocycles. The normalized spacial score (nSPS) is 10.9. The average Bonchev–Trinajstić information content (AvgIpc) is 2.14. The van der Waals surface area contributed by atoms with Gasteiger partial charge in [-0.15, -0.1) is 11.8 Å². The monoisotopic (exact) mass is 230 g/mol. The molecule has 0 N–H and O–H groups in total. The van der Waals surface area contributed by atoms with E-state index in [1.807, 2.05) is 6.07 Å². The molecule has 0 aromatic carbocycles. The van der Waals surface area contributed by atoms with E-state index in [-0.39, 0.29) is 0 Å². The number of halogens is 1. The summed E-state index contributed by atoms with van der Waals surface area (Å²) in [7, 11) is 0. The fraction of sp³-hybridized carbons (Fsp3) is 0.600. The van der Waals surface area contributed by atoms with Crippen LogP contribution in [0.1, 0.15) is 38.9 Å². The van der Waals surface area contributed by atoms with E-state index >= 15 is 0 Å². The summed E-state index contributed by atoms with van der Waals surface area (Å²) in [6.07, 6.45) is 1.14. The Balaban J connectivity index is 2.84. The molecule has 0 atom stereocenters. The fourth-order valence-corrected chi connectivity index (χ4v) is 1.97. The van der Waals surface area contributed by atoms with Gasteiger partial charge in [0.1, 0.15) is 16.0 Å². The van der Waals surface area contributed by atoms with Gasteiger partial charge in [-0.2, -0.15) is 0 Å². The molecule has 0 aliphatic heterocycles. The lowest BCUT2D eigenvalue weighted by Gasteiger charge is -2.06. The van der Waals surface area contributed by atoms with E-state index in [1.165, 1.54) is 0 Å². The van der Waals surface area contributed by atoms with Crippen LogP contribution in [0.3, 0.4) is 0 Å². The van der Waals surface area contributed by atoms with E-state index in [4.69, 9.17) is 11.6 Å². The molecule has 14 heavy (non-hydrogen) atoms. The molecule has 4 heteroatoms. The van der Waals surface area contributed by atoms with Gasteiger partial charge in [0, 0.05) is 12.0 Å². The first-order chi connectivity index (χ1) is 6.63. The topological polar surface area (TPSA) is 25.8 Å². The Morgan fingerprint density at radius 1 is 1.43 bits per heavy atom. The molecule has 0 amide bonds. The number of aromatic nitrogens is 2. The molecule has 0 fully saturated rings. The summed E-state index contributed by atoms with van der Waals surface area (Å²) in [5.41, 5.74) is 0.